The summed E-state index contributed by atoms with van der Waals surface area (Å²) in [4.78, 5) is 11.4. The Morgan fingerprint density at radius 3 is 2.64 bits per heavy atom. The van der Waals surface area contributed by atoms with Crippen LogP contribution in [0, 0.1) is 5.41 Å². The van der Waals surface area contributed by atoms with E-state index in [9.17, 15) is 9.90 Å². The molecule has 3 atom stereocenters. The number of hydrogen-bond donors (Lipinski definition) is 3. The van der Waals surface area contributed by atoms with Gasteiger partial charge in [-0.3, -0.25) is 4.79 Å². The lowest BCUT2D eigenvalue weighted by Gasteiger charge is -2.28. The first-order valence-corrected chi connectivity index (χ1v) is 7.31. The second kappa shape index (κ2) is 9.36. The Balaban J connectivity index is 0.00000220. The normalized spacial score (nSPS) is 24.9. The van der Waals surface area contributed by atoms with E-state index in [1.165, 1.54) is 0 Å². The van der Waals surface area contributed by atoms with E-state index in [4.69, 9.17) is 5.73 Å². The largest absolute Gasteiger partial charge is 0.481 e. The van der Waals surface area contributed by atoms with Crippen molar-refractivity contribution in [3.05, 3.63) is 35.9 Å². The van der Waals surface area contributed by atoms with Crippen LogP contribution in [0.5, 0.6) is 0 Å². The number of nitrogens with one attached hydrogen (secondary N) is 1. The summed E-state index contributed by atoms with van der Waals surface area (Å²) in [5.41, 5.74) is 6.65. The van der Waals surface area contributed by atoms with Gasteiger partial charge in [0.05, 0.1) is 5.41 Å². The van der Waals surface area contributed by atoms with E-state index in [0.29, 0.717) is 0 Å². The Labute approximate surface area is 144 Å². The molecule has 4 N–H and O–H groups in total. The molecule has 1 saturated carbocycles. The van der Waals surface area contributed by atoms with E-state index < -0.39 is 11.4 Å². The summed E-state index contributed by atoms with van der Waals surface area (Å²) in [6.07, 6.45) is 3.48. The van der Waals surface area contributed by atoms with Gasteiger partial charge in [-0.25, -0.2) is 0 Å². The standard InChI is InChI=1S/C16H24N2O2.2ClH/c1-16(15(19)20)10-5-8-14(16)18-11-9-13(17)12-6-3-2-4-7-12;;/h2-4,6-7,13-14,18H,5,8-11,17H2,1H3,(H,19,20);2*1H/t13-,14?,16?;;/m0../s1. The second-order valence-electron chi connectivity index (χ2n) is 5.93. The van der Waals surface area contributed by atoms with Gasteiger partial charge in [0.25, 0.3) is 0 Å². The van der Waals surface area contributed by atoms with Crippen molar-refractivity contribution >= 4 is 30.8 Å². The van der Waals surface area contributed by atoms with Gasteiger partial charge in [0, 0.05) is 12.1 Å². The summed E-state index contributed by atoms with van der Waals surface area (Å²) in [5.74, 6) is -0.695. The first-order chi connectivity index (χ1) is 9.54. The van der Waals surface area contributed by atoms with Crippen molar-refractivity contribution in [2.45, 2.75) is 44.7 Å². The third-order valence-electron chi connectivity index (χ3n) is 4.52. The highest BCUT2D eigenvalue weighted by atomic mass is 35.5. The number of benzene rings is 1. The predicted octanol–water partition coefficient (Wildman–Crippen LogP) is 3.15. The van der Waals surface area contributed by atoms with E-state index in [-0.39, 0.29) is 36.9 Å². The number of carbonyl (C=O) groups is 1. The summed E-state index contributed by atoms with van der Waals surface area (Å²) in [6.45, 7) is 2.60. The zero-order chi connectivity index (χ0) is 14.6. The molecule has 0 radical (unpaired) electrons. The third kappa shape index (κ3) is 4.85. The molecular weight excluding hydrogens is 323 g/mol. The first-order valence-electron chi connectivity index (χ1n) is 7.31. The van der Waals surface area contributed by atoms with Gasteiger partial charge in [-0.2, -0.15) is 0 Å². The molecule has 0 heterocycles. The molecule has 2 unspecified atom stereocenters. The number of nitrogens with two attached hydrogens (primary N) is 1. The van der Waals surface area contributed by atoms with Gasteiger partial charge in [-0.15, -0.1) is 24.8 Å². The van der Waals surface area contributed by atoms with Gasteiger partial charge in [0.15, 0.2) is 0 Å². The molecule has 0 bridgehead atoms. The molecule has 1 aromatic rings. The molecule has 1 aliphatic carbocycles. The average molecular weight is 349 g/mol. The van der Waals surface area contributed by atoms with Crippen LogP contribution in [-0.4, -0.2) is 23.7 Å². The lowest BCUT2D eigenvalue weighted by atomic mass is 9.85. The Morgan fingerprint density at radius 1 is 1.41 bits per heavy atom. The number of halogens is 2. The Kier molecular flexibility index (Phi) is 9.01. The van der Waals surface area contributed by atoms with E-state index >= 15 is 0 Å². The van der Waals surface area contributed by atoms with Crippen LogP contribution in [0.4, 0.5) is 0 Å². The fourth-order valence-corrected chi connectivity index (χ4v) is 3.03. The summed E-state index contributed by atoms with van der Waals surface area (Å²) >= 11 is 0. The fraction of sp³-hybridized carbons (Fsp3) is 0.562. The summed E-state index contributed by atoms with van der Waals surface area (Å²) in [5, 5.41) is 12.8. The van der Waals surface area contributed by atoms with Gasteiger partial charge >= 0.3 is 5.97 Å². The highest BCUT2D eigenvalue weighted by Gasteiger charge is 2.44. The smallest absolute Gasteiger partial charge is 0.310 e. The van der Waals surface area contributed by atoms with Gasteiger partial charge in [-0.1, -0.05) is 36.8 Å². The molecule has 126 valence electrons. The topological polar surface area (TPSA) is 75.3 Å². The minimum atomic E-state index is -0.695. The van der Waals surface area contributed by atoms with Crippen LogP contribution in [-0.2, 0) is 4.79 Å². The molecule has 0 spiro atoms. The monoisotopic (exact) mass is 348 g/mol. The van der Waals surface area contributed by atoms with Crippen LogP contribution in [0.3, 0.4) is 0 Å². The summed E-state index contributed by atoms with van der Waals surface area (Å²) in [7, 11) is 0. The SMILES string of the molecule is CC1(C(=O)O)CCCC1NCC[C@H](N)c1ccccc1.Cl.Cl. The van der Waals surface area contributed by atoms with E-state index in [1.807, 2.05) is 37.3 Å². The van der Waals surface area contributed by atoms with Crippen LogP contribution < -0.4 is 11.1 Å². The fourth-order valence-electron chi connectivity index (χ4n) is 3.03. The Hall–Kier alpha value is -0.810. The van der Waals surface area contributed by atoms with Crippen molar-refractivity contribution in [3.8, 4) is 0 Å². The Morgan fingerprint density at radius 2 is 2.05 bits per heavy atom. The van der Waals surface area contributed by atoms with Crippen LogP contribution in [0.1, 0.15) is 44.2 Å². The lowest BCUT2D eigenvalue weighted by molar-refractivity contribution is -0.148. The van der Waals surface area contributed by atoms with Gasteiger partial charge in [0.1, 0.15) is 0 Å². The maximum Gasteiger partial charge on any atom is 0.310 e. The highest BCUT2D eigenvalue weighted by molar-refractivity contribution is 5.85. The second-order valence-corrected chi connectivity index (χ2v) is 5.93. The quantitative estimate of drug-likeness (QED) is 0.737. The molecule has 4 nitrogen and oxygen atoms in total. The number of aliphatic carboxylic acids is 1. The molecule has 2 rings (SSSR count). The lowest BCUT2D eigenvalue weighted by Crippen LogP contribution is -2.45. The number of carboxylic acid groups (broad SMARTS) is 1. The summed E-state index contributed by atoms with van der Waals surface area (Å²) in [6, 6.07) is 10.1. The van der Waals surface area contributed by atoms with Crippen molar-refractivity contribution in [1.82, 2.24) is 5.32 Å². The van der Waals surface area contributed by atoms with Crippen LogP contribution in [0.2, 0.25) is 0 Å². The number of rotatable bonds is 6. The molecule has 1 aliphatic rings. The van der Waals surface area contributed by atoms with Gasteiger partial charge in [-0.05, 0) is 38.3 Å². The zero-order valence-corrected chi connectivity index (χ0v) is 14.5. The zero-order valence-electron chi connectivity index (χ0n) is 12.8. The molecule has 0 saturated heterocycles. The van der Waals surface area contributed by atoms with E-state index in [2.05, 4.69) is 5.32 Å². The molecule has 6 heteroatoms. The van der Waals surface area contributed by atoms with E-state index in [0.717, 1.165) is 37.8 Å². The first kappa shape index (κ1) is 21.2. The van der Waals surface area contributed by atoms with Crippen LogP contribution in [0.15, 0.2) is 30.3 Å². The molecule has 22 heavy (non-hydrogen) atoms. The van der Waals surface area contributed by atoms with Crippen molar-refractivity contribution in [2.75, 3.05) is 6.54 Å². The summed E-state index contributed by atoms with van der Waals surface area (Å²) < 4.78 is 0. The van der Waals surface area contributed by atoms with Gasteiger partial charge < -0.3 is 16.2 Å². The van der Waals surface area contributed by atoms with Crippen LogP contribution in [0.25, 0.3) is 0 Å². The van der Waals surface area contributed by atoms with Crippen molar-refractivity contribution in [3.63, 3.8) is 0 Å². The van der Waals surface area contributed by atoms with Crippen molar-refractivity contribution in [1.29, 1.82) is 0 Å². The molecular formula is C16H26Cl2N2O2. The minimum absolute atomic E-state index is 0. The van der Waals surface area contributed by atoms with Crippen LogP contribution >= 0.6 is 24.8 Å². The molecule has 1 aromatic carbocycles. The predicted molar refractivity (Wildman–Crippen MR) is 93.9 cm³/mol. The molecule has 0 aliphatic heterocycles. The maximum atomic E-state index is 11.4. The van der Waals surface area contributed by atoms with Crippen molar-refractivity contribution in [2.24, 2.45) is 11.1 Å². The van der Waals surface area contributed by atoms with Crippen molar-refractivity contribution < 1.29 is 9.90 Å². The van der Waals surface area contributed by atoms with Gasteiger partial charge in [0.2, 0.25) is 0 Å². The molecule has 0 amide bonds. The maximum absolute atomic E-state index is 11.4. The number of carboxylic acids is 1. The third-order valence-corrected chi connectivity index (χ3v) is 4.52. The molecule has 1 fully saturated rings. The minimum Gasteiger partial charge on any atom is -0.481 e. The number of hydrogen-bond acceptors (Lipinski definition) is 3. The molecule has 0 aromatic heterocycles. The average Bonchev–Trinajstić information content (AvgIpc) is 2.82. The Bertz CT molecular complexity index is 459. The highest BCUT2D eigenvalue weighted by Crippen LogP contribution is 2.38. The van der Waals surface area contributed by atoms with E-state index in [1.54, 1.807) is 0 Å².